The van der Waals surface area contributed by atoms with E-state index in [-0.39, 0.29) is 22.6 Å². The Bertz CT molecular complexity index is 775. The largest absolute Gasteiger partial charge is 0.444 e. The zero-order chi connectivity index (χ0) is 20.2. The van der Waals surface area contributed by atoms with Gasteiger partial charge in [-0.3, -0.25) is 4.90 Å². The summed E-state index contributed by atoms with van der Waals surface area (Å²) in [7, 11) is -3.76. The van der Waals surface area contributed by atoms with Crippen LogP contribution in [0, 0.1) is 5.82 Å². The van der Waals surface area contributed by atoms with Crippen molar-refractivity contribution in [3.8, 4) is 0 Å². The van der Waals surface area contributed by atoms with E-state index in [1.54, 1.807) is 4.90 Å². The highest BCUT2D eigenvalue weighted by Gasteiger charge is 2.26. The molecule has 1 saturated heterocycles. The van der Waals surface area contributed by atoms with Gasteiger partial charge < -0.3 is 9.64 Å². The lowest BCUT2D eigenvalue weighted by Crippen LogP contribution is -2.51. The molecule has 0 atom stereocenters. The third-order valence-electron chi connectivity index (χ3n) is 3.95. The first-order chi connectivity index (χ1) is 12.5. The van der Waals surface area contributed by atoms with Gasteiger partial charge in [0, 0.05) is 39.3 Å². The van der Waals surface area contributed by atoms with Gasteiger partial charge in [0.15, 0.2) is 0 Å². The summed E-state index contributed by atoms with van der Waals surface area (Å²) >= 11 is 5.64. The van der Waals surface area contributed by atoms with Crippen molar-refractivity contribution in [1.82, 2.24) is 14.5 Å². The normalized spacial score (nSPS) is 16.4. The topological polar surface area (TPSA) is 79.0 Å². The van der Waals surface area contributed by atoms with Gasteiger partial charge in [-0.25, -0.2) is 22.3 Å². The molecule has 0 bridgehead atoms. The van der Waals surface area contributed by atoms with Crippen molar-refractivity contribution >= 4 is 27.7 Å². The number of nitrogens with one attached hydrogen (secondary N) is 1. The molecule has 2 rings (SSSR count). The lowest BCUT2D eigenvalue weighted by atomic mass is 10.2. The molecule has 1 N–H and O–H groups in total. The number of piperazine rings is 1. The fraction of sp³-hybridized carbons (Fsp3) is 0.588. The average Bonchev–Trinajstić information content (AvgIpc) is 2.56. The minimum absolute atomic E-state index is 0.0800. The summed E-state index contributed by atoms with van der Waals surface area (Å²) in [5, 5.41) is -0.240. The van der Waals surface area contributed by atoms with Gasteiger partial charge in [0.1, 0.15) is 11.4 Å². The predicted molar refractivity (Wildman–Crippen MR) is 101 cm³/mol. The SMILES string of the molecule is CC(C)(C)OC(=O)N1CCN(CCNS(=O)(=O)c2ccc(F)c(Cl)c2)CC1. The maximum absolute atomic E-state index is 13.2. The molecule has 0 aromatic heterocycles. The van der Waals surface area contributed by atoms with Crippen molar-refractivity contribution in [3.63, 3.8) is 0 Å². The zero-order valence-electron chi connectivity index (χ0n) is 15.7. The highest BCUT2D eigenvalue weighted by Crippen LogP contribution is 2.19. The Balaban J connectivity index is 1.78. The van der Waals surface area contributed by atoms with Gasteiger partial charge in [0.05, 0.1) is 9.92 Å². The Hall–Kier alpha value is -1.42. The van der Waals surface area contributed by atoms with E-state index in [2.05, 4.69) is 9.62 Å². The molecule has 10 heteroatoms. The molecule has 0 radical (unpaired) electrons. The quantitative estimate of drug-likeness (QED) is 0.789. The van der Waals surface area contributed by atoms with Gasteiger partial charge in [-0.1, -0.05) is 11.6 Å². The fourth-order valence-corrected chi connectivity index (χ4v) is 3.84. The van der Waals surface area contributed by atoms with Crippen molar-refractivity contribution in [2.75, 3.05) is 39.3 Å². The van der Waals surface area contributed by atoms with E-state index in [1.807, 2.05) is 20.8 Å². The van der Waals surface area contributed by atoms with Crippen LogP contribution in [0.5, 0.6) is 0 Å². The van der Waals surface area contributed by atoms with Gasteiger partial charge in [0.2, 0.25) is 10.0 Å². The van der Waals surface area contributed by atoms with Crippen LogP contribution in [0.4, 0.5) is 9.18 Å². The van der Waals surface area contributed by atoms with Crippen LogP contribution in [-0.4, -0.2) is 69.2 Å². The molecule has 0 unspecified atom stereocenters. The molecule has 1 aromatic rings. The number of carbonyl (C=O) groups is 1. The Morgan fingerprint density at radius 2 is 1.89 bits per heavy atom. The zero-order valence-corrected chi connectivity index (χ0v) is 17.2. The summed E-state index contributed by atoms with van der Waals surface area (Å²) in [6.45, 7) is 8.46. The van der Waals surface area contributed by atoms with Crippen molar-refractivity contribution in [2.45, 2.75) is 31.3 Å². The van der Waals surface area contributed by atoms with E-state index < -0.39 is 21.4 Å². The van der Waals surface area contributed by atoms with Crippen molar-refractivity contribution in [3.05, 3.63) is 29.0 Å². The number of ether oxygens (including phenoxy) is 1. The second kappa shape index (κ2) is 8.72. The molecule has 0 saturated carbocycles. The standard InChI is InChI=1S/C17H25ClFN3O4S/c1-17(2,3)26-16(23)22-10-8-21(9-11-22)7-6-20-27(24,25)13-4-5-15(19)14(18)12-13/h4-5,12,20H,6-11H2,1-3H3. The maximum Gasteiger partial charge on any atom is 0.410 e. The first kappa shape index (κ1) is 21.9. The molecular formula is C17H25ClFN3O4S. The van der Waals surface area contributed by atoms with Gasteiger partial charge in [-0.2, -0.15) is 0 Å². The lowest BCUT2D eigenvalue weighted by Gasteiger charge is -2.35. The van der Waals surface area contributed by atoms with Crippen LogP contribution in [0.3, 0.4) is 0 Å². The van der Waals surface area contributed by atoms with Crippen LogP contribution in [0.25, 0.3) is 0 Å². The van der Waals surface area contributed by atoms with Crippen molar-refractivity contribution in [1.29, 1.82) is 0 Å². The third-order valence-corrected chi connectivity index (χ3v) is 5.69. The van der Waals surface area contributed by atoms with E-state index in [4.69, 9.17) is 16.3 Å². The van der Waals surface area contributed by atoms with Crippen LogP contribution in [0.1, 0.15) is 20.8 Å². The molecule has 0 aliphatic carbocycles. The van der Waals surface area contributed by atoms with E-state index >= 15 is 0 Å². The molecule has 1 amide bonds. The Morgan fingerprint density at radius 1 is 1.26 bits per heavy atom. The number of sulfonamides is 1. The molecule has 152 valence electrons. The Labute approximate surface area is 164 Å². The Kier molecular flexibility index (Phi) is 7.07. The summed E-state index contributed by atoms with van der Waals surface area (Å²) < 4.78 is 45.5. The number of nitrogens with zero attached hydrogens (tertiary/aromatic N) is 2. The van der Waals surface area contributed by atoms with Gasteiger partial charge >= 0.3 is 6.09 Å². The van der Waals surface area contributed by atoms with Crippen molar-refractivity contribution < 1.29 is 22.3 Å². The van der Waals surface area contributed by atoms with E-state index in [9.17, 15) is 17.6 Å². The van der Waals surface area contributed by atoms with Crippen molar-refractivity contribution in [2.24, 2.45) is 0 Å². The van der Waals surface area contributed by atoms with E-state index in [0.29, 0.717) is 32.7 Å². The summed E-state index contributed by atoms with van der Waals surface area (Å²) in [6, 6.07) is 3.27. The molecule has 1 fully saturated rings. The fourth-order valence-electron chi connectivity index (χ4n) is 2.55. The summed E-state index contributed by atoms with van der Waals surface area (Å²) in [4.78, 5) is 15.7. The predicted octanol–water partition coefficient (Wildman–Crippen LogP) is 2.31. The molecule has 7 nitrogen and oxygen atoms in total. The smallest absolute Gasteiger partial charge is 0.410 e. The van der Waals surface area contributed by atoms with Gasteiger partial charge in [-0.05, 0) is 39.0 Å². The monoisotopic (exact) mass is 421 g/mol. The van der Waals surface area contributed by atoms with Gasteiger partial charge in [0.25, 0.3) is 0 Å². The van der Waals surface area contributed by atoms with Crippen LogP contribution in [0.2, 0.25) is 5.02 Å². The number of carbonyl (C=O) groups excluding carboxylic acids is 1. The van der Waals surface area contributed by atoms with Gasteiger partial charge in [-0.15, -0.1) is 0 Å². The van der Waals surface area contributed by atoms with E-state index in [0.717, 1.165) is 12.1 Å². The Morgan fingerprint density at radius 3 is 2.44 bits per heavy atom. The maximum atomic E-state index is 13.2. The molecule has 0 spiro atoms. The number of halogens is 2. The highest BCUT2D eigenvalue weighted by atomic mass is 35.5. The van der Waals surface area contributed by atoms with Crippen LogP contribution in [0.15, 0.2) is 23.1 Å². The second-order valence-electron chi connectivity index (χ2n) is 7.28. The number of rotatable bonds is 5. The minimum Gasteiger partial charge on any atom is -0.444 e. The first-order valence-corrected chi connectivity index (χ1v) is 10.5. The molecule has 1 aliphatic heterocycles. The van der Waals surface area contributed by atoms with Crippen LogP contribution < -0.4 is 4.72 Å². The number of hydrogen-bond acceptors (Lipinski definition) is 5. The highest BCUT2D eigenvalue weighted by molar-refractivity contribution is 7.89. The average molecular weight is 422 g/mol. The lowest BCUT2D eigenvalue weighted by molar-refractivity contribution is 0.0147. The first-order valence-electron chi connectivity index (χ1n) is 8.63. The summed E-state index contributed by atoms with van der Waals surface area (Å²) in [5.41, 5.74) is -0.532. The molecule has 27 heavy (non-hydrogen) atoms. The van der Waals surface area contributed by atoms with E-state index in [1.165, 1.54) is 6.07 Å². The number of benzene rings is 1. The van der Waals surface area contributed by atoms with Crippen LogP contribution >= 0.6 is 11.6 Å². The van der Waals surface area contributed by atoms with Crippen LogP contribution in [-0.2, 0) is 14.8 Å². The molecule has 1 aliphatic rings. The second-order valence-corrected chi connectivity index (χ2v) is 9.46. The molecular weight excluding hydrogens is 397 g/mol. The minimum atomic E-state index is -3.76. The third kappa shape index (κ3) is 6.60. The number of amides is 1. The summed E-state index contributed by atoms with van der Waals surface area (Å²) in [5.74, 6) is -0.668. The number of hydrogen-bond donors (Lipinski definition) is 1. The summed E-state index contributed by atoms with van der Waals surface area (Å²) in [6.07, 6.45) is -0.337. The molecule has 1 aromatic carbocycles. The molecule has 1 heterocycles.